The molecule has 1 N–H and O–H groups in total. The Hall–Kier alpha value is -2.09. The van der Waals surface area contributed by atoms with Gasteiger partial charge in [-0.1, -0.05) is 32.1 Å². The summed E-state index contributed by atoms with van der Waals surface area (Å²) in [6, 6.07) is 0.156. The lowest BCUT2D eigenvalue weighted by Gasteiger charge is -2.21. The average Bonchev–Trinajstić information content (AvgIpc) is 2.90. The molecule has 1 aliphatic rings. The molecule has 9 heteroatoms. The third kappa shape index (κ3) is 3.56. The first kappa shape index (κ1) is 18.7. The van der Waals surface area contributed by atoms with E-state index in [4.69, 9.17) is 11.6 Å². The van der Waals surface area contributed by atoms with Crippen LogP contribution in [-0.2, 0) is 25.4 Å². The fourth-order valence-electron chi connectivity index (χ4n) is 3.58. The van der Waals surface area contributed by atoms with Crippen LogP contribution in [0.1, 0.15) is 44.9 Å². The van der Waals surface area contributed by atoms with Crippen molar-refractivity contribution in [2.45, 2.75) is 57.5 Å². The molecular formula is C17H24ClN5O3. The van der Waals surface area contributed by atoms with Crippen LogP contribution in [0.25, 0.3) is 11.2 Å². The monoisotopic (exact) mass is 381 g/mol. The van der Waals surface area contributed by atoms with E-state index in [0.717, 1.165) is 30.3 Å². The van der Waals surface area contributed by atoms with Crippen LogP contribution in [0, 0.1) is 0 Å². The molecule has 1 amide bonds. The Balaban J connectivity index is 1.86. The van der Waals surface area contributed by atoms with Crippen LogP contribution in [0.3, 0.4) is 0 Å². The topological polar surface area (TPSA) is 90.9 Å². The second-order valence-corrected chi connectivity index (χ2v) is 7.29. The van der Waals surface area contributed by atoms with Crippen molar-refractivity contribution in [3.05, 3.63) is 26.1 Å². The third-order valence-electron chi connectivity index (χ3n) is 5.07. The molecule has 1 saturated carbocycles. The lowest BCUT2D eigenvalue weighted by Crippen LogP contribution is -2.39. The van der Waals surface area contributed by atoms with E-state index < -0.39 is 11.2 Å². The van der Waals surface area contributed by atoms with E-state index in [1.807, 2.05) is 0 Å². The highest BCUT2D eigenvalue weighted by Gasteiger charge is 2.21. The number of nitrogens with zero attached hydrogens (tertiary/aromatic N) is 4. The number of imidazole rings is 1. The zero-order chi connectivity index (χ0) is 18.8. The van der Waals surface area contributed by atoms with Crippen molar-refractivity contribution in [2.75, 3.05) is 0 Å². The molecule has 0 bridgehead atoms. The fourth-order valence-corrected chi connectivity index (χ4v) is 3.81. The molecule has 0 aromatic carbocycles. The molecule has 2 aromatic rings. The van der Waals surface area contributed by atoms with Crippen molar-refractivity contribution in [1.29, 1.82) is 0 Å². The number of hydrogen-bond acceptors (Lipinski definition) is 4. The van der Waals surface area contributed by atoms with Gasteiger partial charge in [-0.25, -0.2) is 4.79 Å². The number of carbonyl (C=O) groups excluding carboxylic acids is 1. The molecule has 1 aliphatic carbocycles. The molecule has 2 heterocycles. The van der Waals surface area contributed by atoms with Gasteiger partial charge in [-0.3, -0.25) is 23.3 Å². The van der Waals surface area contributed by atoms with E-state index in [1.54, 1.807) is 0 Å². The summed E-state index contributed by atoms with van der Waals surface area (Å²) in [5.74, 6) is -0.201. The van der Waals surface area contributed by atoms with Crippen molar-refractivity contribution in [1.82, 2.24) is 24.0 Å². The quantitative estimate of drug-likeness (QED) is 0.811. The highest BCUT2D eigenvalue weighted by molar-refractivity contribution is 6.29. The minimum Gasteiger partial charge on any atom is -0.352 e. The standard InChI is InChI=1S/C17H24ClN5O3/c1-21-14-13(15(25)22(2)17(21)26)23(16(18)20-14)10-12(24)19-11-8-6-4-3-5-7-9-11/h11H,3-10H2,1-2H3,(H,19,24). The minimum absolute atomic E-state index is 0.0196. The van der Waals surface area contributed by atoms with Gasteiger partial charge >= 0.3 is 5.69 Å². The van der Waals surface area contributed by atoms with Crippen molar-refractivity contribution < 1.29 is 4.79 Å². The number of nitrogens with one attached hydrogen (secondary N) is 1. The van der Waals surface area contributed by atoms with Crippen LogP contribution >= 0.6 is 11.6 Å². The Kier molecular flexibility index (Phi) is 5.50. The van der Waals surface area contributed by atoms with Gasteiger partial charge in [-0.05, 0) is 24.4 Å². The summed E-state index contributed by atoms with van der Waals surface area (Å²) >= 11 is 6.16. The molecule has 3 rings (SSSR count). The molecule has 0 radical (unpaired) electrons. The van der Waals surface area contributed by atoms with E-state index in [2.05, 4.69) is 10.3 Å². The zero-order valence-electron chi connectivity index (χ0n) is 15.1. The van der Waals surface area contributed by atoms with Crippen molar-refractivity contribution in [3.8, 4) is 0 Å². The van der Waals surface area contributed by atoms with Gasteiger partial charge in [0.15, 0.2) is 11.2 Å². The number of hydrogen-bond donors (Lipinski definition) is 1. The largest absolute Gasteiger partial charge is 0.352 e. The molecule has 1 fully saturated rings. The van der Waals surface area contributed by atoms with E-state index in [0.29, 0.717) is 0 Å². The summed E-state index contributed by atoms with van der Waals surface area (Å²) in [4.78, 5) is 41.1. The van der Waals surface area contributed by atoms with E-state index in [9.17, 15) is 14.4 Å². The Morgan fingerprint density at radius 2 is 1.73 bits per heavy atom. The molecule has 8 nitrogen and oxygen atoms in total. The molecule has 26 heavy (non-hydrogen) atoms. The summed E-state index contributed by atoms with van der Waals surface area (Å²) < 4.78 is 3.62. The van der Waals surface area contributed by atoms with Crippen LogP contribution in [-0.4, -0.2) is 30.6 Å². The first-order valence-corrected chi connectivity index (χ1v) is 9.39. The fraction of sp³-hybridized carbons (Fsp3) is 0.647. The number of halogens is 1. The van der Waals surface area contributed by atoms with Gasteiger partial charge in [0, 0.05) is 20.1 Å². The van der Waals surface area contributed by atoms with Gasteiger partial charge < -0.3 is 5.32 Å². The average molecular weight is 382 g/mol. The molecule has 0 unspecified atom stereocenters. The number of rotatable bonds is 3. The number of aromatic nitrogens is 4. The smallest absolute Gasteiger partial charge is 0.332 e. The maximum atomic E-state index is 12.5. The van der Waals surface area contributed by atoms with E-state index in [-0.39, 0.29) is 34.9 Å². The summed E-state index contributed by atoms with van der Waals surface area (Å²) in [6.07, 6.45) is 7.84. The number of carbonyl (C=O) groups is 1. The third-order valence-corrected chi connectivity index (χ3v) is 5.36. The molecule has 0 atom stereocenters. The lowest BCUT2D eigenvalue weighted by molar-refractivity contribution is -0.122. The van der Waals surface area contributed by atoms with Gasteiger partial charge in [0.05, 0.1) is 0 Å². The Morgan fingerprint density at radius 1 is 1.12 bits per heavy atom. The van der Waals surface area contributed by atoms with Gasteiger partial charge in [0.1, 0.15) is 6.54 Å². The number of fused-ring (bicyclic) bond motifs is 1. The van der Waals surface area contributed by atoms with Gasteiger partial charge in [0.2, 0.25) is 11.2 Å². The second-order valence-electron chi connectivity index (χ2n) is 6.95. The maximum Gasteiger partial charge on any atom is 0.332 e. The Morgan fingerprint density at radius 3 is 2.38 bits per heavy atom. The van der Waals surface area contributed by atoms with Gasteiger partial charge in [-0.15, -0.1) is 0 Å². The predicted molar refractivity (Wildman–Crippen MR) is 99.5 cm³/mol. The molecule has 0 spiro atoms. The predicted octanol–water partition coefficient (Wildman–Crippen LogP) is 1.32. The highest BCUT2D eigenvalue weighted by atomic mass is 35.5. The first-order chi connectivity index (χ1) is 12.4. The van der Waals surface area contributed by atoms with Crippen LogP contribution < -0.4 is 16.6 Å². The van der Waals surface area contributed by atoms with Gasteiger partial charge in [0.25, 0.3) is 5.56 Å². The number of amides is 1. The van der Waals surface area contributed by atoms with Gasteiger partial charge in [-0.2, -0.15) is 4.98 Å². The molecule has 2 aromatic heterocycles. The van der Waals surface area contributed by atoms with Crippen molar-refractivity contribution in [2.24, 2.45) is 14.1 Å². The molecular weight excluding hydrogens is 358 g/mol. The summed E-state index contributed by atoms with van der Waals surface area (Å²) in [6.45, 7) is -0.0979. The van der Waals surface area contributed by atoms with E-state index >= 15 is 0 Å². The molecule has 0 saturated heterocycles. The van der Waals surface area contributed by atoms with Crippen molar-refractivity contribution >= 4 is 28.7 Å². The normalized spacial score (nSPS) is 16.4. The summed E-state index contributed by atoms with van der Waals surface area (Å²) in [5.41, 5.74) is -0.654. The molecule has 0 aliphatic heterocycles. The van der Waals surface area contributed by atoms with Crippen molar-refractivity contribution in [3.63, 3.8) is 0 Å². The maximum absolute atomic E-state index is 12.5. The Labute approximate surface area is 155 Å². The van der Waals surface area contributed by atoms with E-state index in [1.165, 1.54) is 42.5 Å². The molecule has 142 valence electrons. The lowest BCUT2D eigenvalue weighted by atomic mass is 9.97. The highest BCUT2D eigenvalue weighted by Crippen LogP contribution is 2.18. The number of aryl methyl sites for hydroxylation is 1. The van der Waals surface area contributed by atoms with Crippen LogP contribution in [0.4, 0.5) is 0 Å². The first-order valence-electron chi connectivity index (χ1n) is 9.01. The minimum atomic E-state index is -0.513. The summed E-state index contributed by atoms with van der Waals surface area (Å²) in [5, 5.41) is 3.07. The second kappa shape index (κ2) is 7.65. The van der Waals surface area contributed by atoms with Crippen LogP contribution in [0.2, 0.25) is 5.28 Å². The Bertz CT molecular complexity index is 934. The zero-order valence-corrected chi connectivity index (χ0v) is 15.9. The van der Waals surface area contributed by atoms with Crippen LogP contribution in [0.15, 0.2) is 9.59 Å². The summed E-state index contributed by atoms with van der Waals surface area (Å²) in [7, 11) is 2.91. The van der Waals surface area contributed by atoms with Crippen LogP contribution in [0.5, 0.6) is 0 Å². The SMILES string of the molecule is Cn1c(=O)c2c(nc(Cl)n2CC(=O)NC2CCCCCCC2)n(C)c1=O.